The van der Waals surface area contributed by atoms with Crippen LogP contribution in [0.3, 0.4) is 0 Å². The molecule has 0 fully saturated rings. The molecule has 0 radical (unpaired) electrons. The Balaban J connectivity index is 1.94. The van der Waals surface area contributed by atoms with Gasteiger partial charge in [-0.25, -0.2) is 4.98 Å². The van der Waals surface area contributed by atoms with Gasteiger partial charge in [0.15, 0.2) is 0 Å². The molecule has 0 spiro atoms. The molecule has 0 N–H and O–H groups in total. The van der Waals surface area contributed by atoms with E-state index in [1.54, 1.807) is 12.5 Å². The first-order chi connectivity index (χ1) is 9.22. The normalized spacial score (nSPS) is 11.3. The van der Waals surface area contributed by atoms with Crippen molar-refractivity contribution < 1.29 is 4.84 Å². The molecule has 0 saturated heterocycles. The number of nitrogens with zero attached hydrogens (tertiary/aromatic N) is 5. The van der Waals surface area contributed by atoms with E-state index in [2.05, 4.69) is 15.3 Å². The summed E-state index contributed by atoms with van der Waals surface area (Å²) in [6, 6.07) is 6.03. The summed E-state index contributed by atoms with van der Waals surface area (Å²) in [6.45, 7) is 4.69. The van der Waals surface area contributed by atoms with E-state index in [4.69, 9.17) is 4.84 Å². The van der Waals surface area contributed by atoms with Gasteiger partial charge in [0, 0.05) is 18.9 Å². The van der Waals surface area contributed by atoms with Crippen molar-refractivity contribution in [2.24, 2.45) is 0 Å². The summed E-state index contributed by atoms with van der Waals surface area (Å²) in [5.74, 6) is 0. The van der Waals surface area contributed by atoms with Crippen LogP contribution in [0.4, 0.5) is 0 Å². The molecule has 0 aliphatic carbocycles. The molecule has 2 heterocycles. The van der Waals surface area contributed by atoms with E-state index < -0.39 is 0 Å². The lowest BCUT2D eigenvalue weighted by atomic mass is 10.2. The van der Waals surface area contributed by atoms with Crippen molar-refractivity contribution >= 4 is 11.0 Å². The topological polar surface area (TPSA) is 57.8 Å². The first kappa shape index (κ1) is 11.7. The van der Waals surface area contributed by atoms with Crippen molar-refractivity contribution in [2.45, 2.75) is 26.5 Å². The van der Waals surface area contributed by atoms with Gasteiger partial charge in [0.1, 0.15) is 17.1 Å². The van der Waals surface area contributed by atoms with Gasteiger partial charge in [-0.1, -0.05) is 10.9 Å². The summed E-state index contributed by atoms with van der Waals surface area (Å²) in [7, 11) is 0. The Morgan fingerprint density at radius 3 is 2.95 bits per heavy atom. The van der Waals surface area contributed by atoms with Crippen molar-refractivity contribution in [2.75, 3.05) is 0 Å². The summed E-state index contributed by atoms with van der Waals surface area (Å²) in [5, 5.41) is 8.08. The van der Waals surface area contributed by atoms with Crippen LogP contribution in [0.15, 0.2) is 36.9 Å². The molecule has 0 aliphatic heterocycles. The number of imidazole rings is 1. The van der Waals surface area contributed by atoms with Crippen molar-refractivity contribution in [3.8, 4) is 0 Å². The van der Waals surface area contributed by atoms with Gasteiger partial charge in [0.2, 0.25) is 0 Å². The fourth-order valence-corrected chi connectivity index (χ4v) is 1.91. The second-order valence-corrected chi connectivity index (χ2v) is 4.67. The first-order valence-electron chi connectivity index (χ1n) is 6.19. The smallest absolute Gasteiger partial charge is 0.131 e. The van der Waals surface area contributed by atoms with Crippen molar-refractivity contribution in [3.63, 3.8) is 0 Å². The van der Waals surface area contributed by atoms with E-state index in [0.29, 0.717) is 0 Å². The van der Waals surface area contributed by atoms with Crippen molar-refractivity contribution in [1.29, 1.82) is 0 Å². The largest absolute Gasteiger partial charge is 0.392 e. The van der Waals surface area contributed by atoms with Crippen LogP contribution < -0.4 is 4.84 Å². The third kappa shape index (κ3) is 2.42. The molecule has 0 amide bonds. The Hall–Kier alpha value is -2.37. The standard InChI is InChI=1S/C13H15N5O/c1-10(2)19-18-13-7-11(3-4-12(13)15-16-18)8-17-6-5-14-9-17/h3-7,9-10H,8H2,1-2H3. The number of hydrogen-bond acceptors (Lipinski definition) is 4. The number of rotatable bonds is 4. The van der Waals surface area contributed by atoms with Crippen LogP contribution in [0.1, 0.15) is 19.4 Å². The van der Waals surface area contributed by atoms with E-state index in [0.717, 1.165) is 23.1 Å². The summed E-state index contributed by atoms with van der Waals surface area (Å²) in [4.78, 5) is 11.1. The molecule has 3 aromatic rings. The van der Waals surface area contributed by atoms with Crippen molar-refractivity contribution in [1.82, 2.24) is 24.7 Å². The molecule has 0 aliphatic rings. The zero-order valence-corrected chi connectivity index (χ0v) is 10.9. The highest BCUT2D eigenvalue weighted by molar-refractivity contribution is 5.74. The fraction of sp³-hybridized carbons (Fsp3) is 0.308. The molecule has 3 rings (SSSR count). The fourth-order valence-electron chi connectivity index (χ4n) is 1.91. The molecule has 0 bridgehead atoms. The maximum atomic E-state index is 5.58. The highest BCUT2D eigenvalue weighted by Crippen LogP contribution is 2.14. The van der Waals surface area contributed by atoms with Crippen LogP contribution in [0, 0.1) is 0 Å². The molecule has 6 nitrogen and oxygen atoms in total. The Labute approximate surface area is 110 Å². The molecule has 0 atom stereocenters. The Morgan fingerprint density at radius 2 is 2.21 bits per heavy atom. The van der Waals surface area contributed by atoms with Gasteiger partial charge in [-0.15, -0.1) is 5.10 Å². The molecular weight excluding hydrogens is 242 g/mol. The van der Waals surface area contributed by atoms with E-state index in [9.17, 15) is 0 Å². The monoisotopic (exact) mass is 257 g/mol. The van der Waals surface area contributed by atoms with E-state index in [1.165, 1.54) is 4.85 Å². The highest BCUT2D eigenvalue weighted by Gasteiger charge is 2.08. The molecule has 0 unspecified atom stereocenters. The minimum atomic E-state index is 0.0576. The lowest BCUT2D eigenvalue weighted by molar-refractivity contribution is 0.0408. The number of fused-ring (bicyclic) bond motifs is 1. The number of benzene rings is 1. The molecule has 6 heteroatoms. The average Bonchev–Trinajstić information content (AvgIpc) is 3.00. The van der Waals surface area contributed by atoms with E-state index >= 15 is 0 Å². The lowest BCUT2D eigenvalue weighted by Crippen LogP contribution is -2.20. The van der Waals surface area contributed by atoms with Gasteiger partial charge in [0.05, 0.1) is 6.33 Å². The summed E-state index contributed by atoms with van der Waals surface area (Å²) in [5.41, 5.74) is 2.86. The van der Waals surface area contributed by atoms with Gasteiger partial charge in [-0.3, -0.25) is 0 Å². The second-order valence-electron chi connectivity index (χ2n) is 4.67. The van der Waals surface area contributed by atoms with Crippen LogP contribution in [-0.2, 0) is 6.54 Å². The Kier molecular flexibility index (Phi) is 2.91. The van der Waals surface area contributed by atoms with Gasteiger partial charge in [-0.05, 0) is 36.8 Å². The molecule has 2 aromatic heterocycles. The van der Waals surface area contributed by atoms with Crippen LogP contribution in [-0.4, -0.2) is 30.8 Å². The Morgan fingerprint density at radius 1 is 1.32 bits per heavy atom. The quantitative estimate of drug-likeness (QED) is 0.711. The summed E-state index contributed by atoms with van der Waals surface area (Å²) >= 11 is 0. The minimum absolute atomic E-state index is 0.0576. The highest BCUT2D eigenvalue weighted by atomic mass is 16.7. The SMILES string of the molecule is CC(C)On1nnc2ccc(Cn3ccnc3)cc21. The van der Waals surface area contributed by atoms with Gasteiger partial charge < -0.3 is 9.40 Å². The maximum absolute atomic E-state index is 5.58. The van der Waals surface area contributed by atoms with Crippen LogP contribution in [0.25, 0.3) is 11.0 Å². The van der Waals surface area contributed by atoms with Crippen LogP contribution >= 0.6 is 0 Å². The molecule has 98 valence electrons. The average molecular weight is 257 g/mol. The third-order valence-corrected chi connectivity index (χ3v) is 2.71. The summed E-state index contributed by atoms with van der Waals surface area (Å²) in [6.07, 6.45) is 5.56. The van der Waals surface area contributed by atoms with Crippen LogP contribution in [0.5, 0.6) is 0 Å². The predicted molar refractivity (Wildman–Crippen MR) is 70.6 cm³/mol. The second kappa shape index (κ2) is 4.72. The minimum Gasteiger partial charge on any atom is -0.392 e. The van der Waals surface area contributed by atoms with Crippen molar-refractivity contribution in [3.05, 3.63) is 42.5 Å². The molecule has 0 saturated carbocycles. The number of hydrogen-bond donors (Lipinski definition) is 0. The van der Waals surface area contributed by atoms with Gasteiger partial charge in [-0.2, -0.15) is 0 Å². The molecular formula is C13H15N5O. The number of aromatic nitrogens is 5. The van der Waals surface area contributed by atoms with E-state index in [-0.39, 0.29) is 6.10 Å². The first-order valence-corrected chi connectivity index (χ1v) is 6.19. The van der Waals surface area contributed by atoms with Crippen LogP contribution in [0.2, 0.25) is 0 Å². The predicted octanol–water partition coefficient (Wildman–Crippen LogP) is 1.51. The maximum Gasteiger partial charge on any atom is 0.131 e. The third-order valence-electron chi connectivity index (χ3n) is 2.71. The zero-order valence-electron chi connectivity index (χ0n) is 10.9. The van der Waals surface area contributed by atoms with Gasteiger partial charge in [0.25, 0.3) is 0 Å². The zero-order chi connectivity index (χ0) is 13.2. The molecule has 19 heavy (non-hydrogen) atoms. The summed E-state index contributed by atoms with van der Waals surface area (Å²) < 4.78 is 2.01. The Bertz CT molecular complexity index is 671. The van der Waals surface area contributed by atoms with Gasteiger partial charge >= 0.3 is 0 Å². The molecule has 1 aromatic carbocycles. The van der Waals surface area contributed by atoms with E-state index in [1.807, 2.05) is 42.8 Å². The lowest BCUT2D eigenvalue weighted by Gasteiger charge is -2.08.